The molecule has 15 heteroatoms. The van der Waals surface area contributed by atoms with Crippen LogP contribution in [0.1, 0.15) is 124 Å². The lowest BCUT2D eigenvalue weighted by molar-refractivity contribution is -0.153. The lowest BCUT2D eigenvalue weighted by Crippen LogP contribution is -2.30. The Morgan fingerprint density at radius 1 is 0.560 bits per heavy atom. The minimum absolute atomic E-state index is 0.0604. The van der Waals surface area contributed by atoms with Crippen molar-refractivity contribution < 1.29 is 62.0 Å². The first-order valence-corrected chi connectivity index (χ1v) is 25.9. The molecule has 1 heterocycles. The number of ether oxygens (including phenoxy) is 6. The van der Waals surface area contributed by atoms with Gasteiger partial charge in [-0.15, -0.1) is 0 Å². The van der Waals surface area contributed by atoms with Crippen molar-refractivity contribution in [1.29, 1.82) is 0 Å². The molecule has 3 aliphatic carbocycles. The minimum Gasteiger partial charge on any atom is -0.462 e. The van der Waals surface area contributed by atoms with Crippen LogP contribution in [0.25, 0.3) is 22.3 Å². The summed E-state index contributed by atoms with van der Waals surface area (Å²) in [6.45, 7) is 13.0. The lowest BCUT2D eigenvalue weighted by Gasteiger charge is -2.27. The average molecular weight is 1020 g/mol. The maximum Gasteiger partial charge on any atom is 0.335 e. The molecule has 392 valence electrons. The monoisotopic (exact) mass is 1020 g/mol. The van der Waals surface area contributed by atoms with Gasteiger partial charge in [-0.25, -0.2) is 14.8 Å². The molecule has 5 aromatic rings. The number of benzene rings is 4. The van der Waals surface area contributed by atoms with E-state index in [1.165, 1.54) is 18.2 Å². The molecule has 4 aromatic carbocycles. The average Bonchev–Trinajstić information content (AvgIpc) is 3.70. The van der Waals surface area contributed by atoms with Gasteiger partial charge in [0.05, 0.1) is 11.8 Å². The molecule has 0 amide bonds. The molecule has 2 fully saturated rings. The highest BCUT2D eigenvalue weighted by Gasteiger charge is 2.35. The van der Waals surface area contributed by atoms with Crippen LogP contribution in [0.3, 0.4) is 0 Å². The summed E-state index contributed by atoms with van der Waals surface area (Å²) in [5.74, 6) is -3.05. The van der Waals surface area contributed by atoms with Gasteiger partial charge in [-0.3, -0.25) is 28.8 Å². The van der Waals surface area contributed by atoms with Gasteiger partial charge in [-0.2, -0.15) is 0 Å². The van der Waals surface area contributed by atoms with Gasteiger partial charge < -0.3 is 28.4 Å². The highest BCUT2D eigenvalue weighted by Crippen LogP contribution is 2.40. The van der Waals surface area contributed by atoms with E-state index in [-0.39, 0.29) is 83.2 Å². The van der Waals surface area contributed by atoms with Gasteiger partial charge in [-0.1, -0.05) is 87.7 Å². The fourth-order valence-corrected chi connectivity index (χ4v) is 9.18. The largest absolute Gasteiger partial charge is 0.462 e. The van der Waals surface area contributed by atoms with Crippen LogP contribution in [0, 0.1) is 11.8 Å². The van der Waals surface area contributed by atoms with Crippen LogP contribution in [-0.4, -0.2) is 76.8 Å². The van der Waals surface area contributed by atoms with E-state index in [1.54, 1.807) is 48.5 Å². The summed E-state index contributed by atoms with van der Waals surface area (Å²) in [5.41, 5.74) is 4.39. The number of hydrogen-bond donors (Lipinski definition) is 0. The van der Waals surface area contributed by atoms with Crippen LogP contribution in [-0.2, 0) is 62.2 Å². The van der Waals surface area contributed by atoms with E-state index in [2.05, 4.69) is 27.0 Å². The van der Waals surface area contributed by atoms with Gasteiger partial charge in [0.2, 0.25) is 5.78 Å². The van der Waals surface area contributed by atoms with Crippen molar-refractivity contribution in [3.63, 3.8) is 0 Å². The van der Waals surface area contributed by atoms with Gasteiger partial charge in [0.1, 0.15) is 40.4 Å². The maximum absolute atomic E-state index is 13.7. The van der Waals surface area contributed by atoms with E-state index < -0.39 is 29.7 Å². The Kier molecular flexibility index (Phi) is 19.9. The number of fused-ring (bicyclic) bond motifs is 4. The Labute approximate surface area is 437 Å². The predicted octanol–water partition coefficient (Wildman–Crippen LogP) is 10.3. The first-order valence-electron chi connectivity index (χ1n) is 25.9. The van der Waals surface area contributed by atoms with Crippen LogP contribution in [0.4, 0.5) is 0 Å². The number of aryl methyl sites for hydroxylation is 2. The van der Waals surface area contributed by atoms with Crippen LogP contribution < -0.4 is 14.2 Å². The van der Waals surface area contributed by atoms with Crippen molar-refractivity contribution in [2.75, 3.05) is 13.2 Å². The molecule has 0 saturated heterocycles. The van der Waals surface area contributed by atoms with Crippen LogP contribution >= 0.6 is 0 Å². The van der Waals surface area contributed by atoms with Gasteiger partial charge in [0.25, 0.3) is 0 Å². The summed E-state index contributed by atoms with van der Waals surface area (Å²) in [6, 6.07) is 24.4. The molecule has 75 heavy (non-hydrogen) atoms. The van der Waals surface area contributed by atoms with E-state index in [9.17, 15) is 33.6 Å². The number of hydrogen-bond acceptors (Lipinski definition) is 15. The lowest BCUT2D eigenvalue weighted by atomic mass is 9.87. The van der Waals surface area contributed by atoms with E-state index in [4.69, 9.17) is 38.4 Å². The minimum atomic E-state index is -0.558. The number of carbonyl (C=O) groups is 7. The second-order valence-electron chi connectivity index (χ2n) is 18.9. The van der Waals surface area contributed by atoms with Crippen LogP contribution in [0.2, 0.25) is 0 Å². The normalized spacial score (nSPS) is 17.5. The SMILES string of the molecule is C=CC(=O)Cc1ccc(CCC(=O)OC2CCC(C(=O)Oc3ccc(OC(=O)C4CCC(OC(=O)CCc5ccc(OC(=O)C=C)cc5)CC4)c4nc5c(nc34)C(=O)c3ccccc3-5)CC2)cc1.CCCOCCC. The van der Waals surface area contributed by atoms with Gasteiger partial charge in [0, 0.05) is 49.7 Å². The Morgan fingerprint density at radius 2 is 1.03 bits per heavy atom. The zero-order valence-electron chi connectivity index (χ0n) is 42.7. The first-order chi connectivity index (χ1) is 36.3. The summed E-state index contributed by atoms with van der Waals surface area (Å²) in [5, 5.41) is 0. The molecule has 0 N–H and O–H groups in total. The van der Waals surface area contributed by atoms with E-state index in [1.807, 2.05) is 24.3 Å². The standard InChI is InChI=1S/C54H50N2O12.C6H14O/c1-3-37(57)31-34-11-9-32(10-12-34)15-29-46(59)65-39-25-19-36(20-26-39)54(63)68-44-28-27-43(49-50(44)56-51-48(55-49)41-7-5-6-8-42(41)52(51)61)67-53(62)35-17-23-40(24-18-35)66-47(60)30-16-33-13-21-38(22-14-33)64-45(58)4-2;1-3-5-7-6-4-2/h3-14,21-22,27-28,35-36,39-40H,1-2,15-20,23-26,29-31H2;3-6H2,1-2H3. The van der Waals surface area contributed by atoms with E-state index in [0.717, 1.165) is 48.8 Å². The zero-order chi connectivity index (χ0) is 53.3. The zero-order valence-corrected chi connectivity index (χ0v) is 42.7. The molecule has 0 unspecified atom stereocenters. The topological polar surface area (TPSA) is 201 Å². The number of esters is 5. The van der Waals surface area contributed by atoms with Crippen molar-refractivity contribution in [1.82, 2.24) is 9.97 Å². The maximum atomic E-state index is 13.7. The summed E-state index contributed by atoms with van der Waals surface area (Å²) < 4.78 is 33.7. The molecule has 0 spiro atoms. The quantitative estimate of drug-likeness (QED) is 0.0285. The van der Waals surface area contributed by atoms with Gasteiger partial charge >= 0.3 is 29.8 Å². The number of allylic oxidation sites excluding steroid dienone is 1. The fraction of sp³-hybridized carbons (Fsp3) is 0.383. The molecule has 1 aromatic heterocycles. The second-order valence-corrected chi connectivity index (χ2v) is 18.9. The number of aromatic nitrogens is 2. The highest BCUT2D eigenvalue weighted by molar-refractivity contribution is 6.20. The summed E-state index contributed by atoms with van der Waals surface area (Å²) in [7, 11) is 0. The molecule has 3 aliphatic rings. The Hall–Kier alpha value is -7.65. The molecule has 0 aliphatic heterocycles. The molecular formula is C60H64N2O13. The molecule has 8 rings (SSSR count). The third kappa shape index (κ3) is 15.2. The fourth-order valence-electron chi connectivity index (χ4n) is 9.18. The summed E-state index contributed by atoms with van der Waals surface area (Å²) >= 11 is 0. The van der Waals surface area contributed by atoms with Crippen LogP contribution in [0.5, 0.6) is 17.2 Å². The molecule has 15 nitrogen and oxygen atoms in total. The predicted molar refractivity (Wildman–Crippen MR) is 279 cm³/mol. The Balaban J connectivity index is 0.00000109. The number of ketones is 2. The first kappa shape index (κ1) is 55.1. The smallest absolute Gasteiger partial charge is 0.335 e. The molecular weight excluding hydrogens is 957 g/mol. The Morgan fingerprint density at radius 3 is 1.51 bits per heavy atom. The number of carbonyl (C=O) groups excluding carboxylic acids is 7. The van der Waals surface area contributed by atoms with E-state index in [0.29, 0.717) is 86.8 Å². The molecule has 2 saturated carbocycles. The third-order valence-corrected chi connectivity index (χ3v) is 13.3. The van der Waals surface area contributed by atoms with Crippen molar-refractivity contribution in [3.8, 4) is 28.5 Å². The van der Waals surface area contributed by atoms with Crippen LogP contribution in [0.15, 0.2) is 110 Å². The van der Waals surface area contributed by atoms with Crippen molar-refractivity contribution in [2.45, 2.75) is 122 Å². The summed E-state index contributed by atoms with van der Waals surface area (Å²) in [4.78, 5) is 99.0. The van der Waals surface area contributed by atoms with E-state index >= 15 is 0 Å². The molecule has 0 radical (unpaired) electrons. The highest BCUT2D eigenvalue weighted by atomic mass is 16.6. The number of rotatable bonds is 21. The molecule has 0 atom stereocenters. The number of nitrogens with zero attached hydrogens (tertiary/aromatic N) is 2. The summed E-state index contributed by atoms with van der Waals surface area (Å²) in [6.07, 6.45) is 9.15. The van der Waals surface area contributed by atoms with Gasteiger partial charge in [-0.05, 0) is 124 Å². The van der Waals surface area contributed by atoms with Crippen molar-refractivity contribution >= 4 is 52.4 Å². The third-order valence-electron chi connectivity index (χ3n) is 13.3. The van der Waals surface area contributed by atoms with Crippen molar-refractivity contribution in [2.24, 2.45) is 11.8 Å². The Bertz CT molecular complexity index is 2870. The second kappa shape index (κ2) is 27.0. The van der Waals surface area contributed by atoms with Gasteiger partial charge in [0.15, 0.2) is 17.3 Å². The molecule has 0 bridgehead atoms. The van der Waals surface area contributed by atoms with Crippen molar-refractivity contribution in [3.05, 3.63) is 138 Å².